The van der Waals surface area contributed by atoms with E-state index in [1.165, 1.54) is 10.9 Å². The smallest absolute Gasteiger partial charge is 0.133 e. The molecule has 108 valence electrons. The molecule has 0 fully saturated rings. The first-order chi connectivity index (χ1) is 9.51. The van der Waals surface area contributed by atoms with E-state index in [0.29, 0.717) is 11.5 Å². The molecule has 2 aromatic rings. The first-order valence-corrected chi connectivity index (χ1v) is 8.20. The van der Waals surface area contributed by atoms with Crippen LogP contribution in [0.5, 0.6) is 0 Å². The second kappa shape index (κ2) is 6.78. The van der Waals surface area contributed by atoms with Gasteiger partial charge in [0.15, 0.2) is 0 Å². The summed E-state index contributed by atoms with van der Waals surface area (Å²) >= 11 is 4.96. The number of hydrogen-bond donors (Lipinski definition) is 1. The third kappa shape index (κ3) is 3.65. The van der Waals surface area contributed by atoms with Crippen molar-refractivity contribution < 1.29 is 4.39 Å². The second-order valence-corrected chi connectivity index (χ2v) is 7.14. The molecule has 0 aliphatic heterocycles. The van der Waals surface area contributed by atoms with Gasteiger partial charge < -0.3 is 5.32 Å². The van der Waals surface area contributed by atoms with Crippen molar-refractivity contribution in [1.29, 1.82) is 0 Å². The van der Waals surface area contributed by atoms with Crippen molar-refractivity contribution in [3.05, 3.63) is 39.1 Å². The summed E-state index contributed by atoms with van der Waals surface area (Å²) < 4.78 is 14.8. The molecule has 0 atom stereocenters. The van der Waals surface area contributed by atoms with Gasteiger partial charge in [0.2, 0.25) is 0 Å². The molecular weight excluding hydrogens is 339 g/mol. The predicted octanol–water partition coefficient (Wildman–Crippen LogP) is 4.63. The number of hydrogen-bond acceptors (Lipinski definition) is 3. The van der Waals surface area contributed by atoms with E-state index in [-0.39, 0.29) is 5.82 Å². The molecule has 0 aliphatic carbocycles. The summed E-state index contributed by atoms with van der Waals surface area (Å²) in [5.41, 5.74) is 1.64. The van der Waals surface area contributed by atoms with E-state index < -0.39 is 0 Å². The quantitative estimate of drug-likeness (QED) is 0.844. The van der Waals surface area contributed by atoms with Crippen LogP contribution in [0.4, 0.5) is 4.39 Å². The van der Waals surface area contributed by atoms with Crippen LogP contribution in [0.2, 0.25) is 0 Å². The summed E-state index contributed by atoms with van der Waals surface area (Å²) in [4.78, 5) is 5.85. The summed E-state index contributed by atoms with van der Waals surface area (Å²) in [5, 5.41) is 3.91. The van der Waals surface area contributed by atoms with Crippen molar-refractivity contribution in [2.24, 2.45) is 5.92 Å². The highest BCUT2D eigenvalue weighted by Gasteiger charge is 2.16. The molecule has 20 heavy (non-hydrogen) atoms. The fraction of sp³-hybridized carbons (Fsp3) is 0.400. The Labute approximate surface area is 131 Å². The number of aromatic nitrogens is 1. The molecule has 0 aliphatic rings. The second-order valence-electron chi connectivity index (χ2n) is 5.14. The predicted molar refractivity (Wildman–Crippen MR) is 86.5 cm³/mol. The highest BCUT2D eigenvalue weighted by molar-refractivity contribution is 9.10. The number of benzene rings is 1. The Balaban J connectivity index is 2.44. The fourth-order valence-electron chi connectivity index (χ4n) is 2.00. The molecule has 0 saturated carbocycles. The normalized spacial score (nSPS) is 11.3. The molecule has 1 N–H and O–H groups in total. The number of thiazole rings is 1. The minimum atomic E-state index is -0.228. The molecule has 0 bridgehead atoms. The lowest BCUT2D eigenvalue weighted by atomic mass is 10.1. The maximum absolute atomic E-state index is 14.0. The van der Waals surface area contributed by atoms with Gasteiger partial charge >= 0.3 is 0 Å². The molecule has 1 aromatic carbocycles. The molecule has 2 rings (SSSR count). The van der Waals surface area contributed by atoms with Crippen molar-refractivity contribution in [1.82, 2.24) is 10.3 Å². The summed E-state index contributed by atoms with van der Waals surface area (Å²) in [6, 6.07) is 4.97. The third-order valence-electron chi connectivity index (χ3n) is 2.88. The van der Waals surface area contributed by atoms with Crippen molar-refractivity contribution in [2.75, 3.05) is 7.05 Å². The summed E-state index contributed by atoms with van der Waals surface area (Å²) in [7, 11) is 1.91. The van der Waals surface area contributed by atoms with Crippen LogP contribution < -0.4 is 5.32 Å². The molecule has 0 spiro atoms. The minimum Gasteiger partial charge on any atom is -0.315 e. The van der Waals surface area contributed by atoms with Gasteiger partial charge in [0.25, 0.3) is 0 Å². The van der Waals surface area contributed by atoms with Crippen LogP contribution in [0.15, 0.2) is 22.7 Å². The van der Waals surface area contributed by atoms with Gasteiger partial charge in [-0.05, 0) is 37.6 Å². The van der Waals surface area contributed by atoms with E-state index in [1.54, 1.807) is 23.5 Å². The van der Waals surface area contributed by atoms with Crippen LogP contribution in [0, 0.1) is 11.7 Å². The van der Waals surface area contributed by atoms with E-state index in [0.717, 1.165) is 28.1 Å². The summed E-state index contributed by atoms with van der Waals surface area (Å²) in [6.45, 7) is 5.11. The van der Waals surface area contributed by atoms with Gasteiger partial charge in [-0.15, -0.1) is 11.3 Å². The van der Waals surface area contributed by atoms with Crippen molar-refractivity contribution >= 4 is 27.3 Å². The molecule has 2 nitrogen and oxygen atoms in total. The highest BCUT2D eigenvalue weighted by atomic mass is 79.9. The minimum absolute atomic E-state index is 0.228. The fourth-order valence-corrected chi connectivity index (χ4v) is 3.48. The molecule has 0 saturated heterocycles. The molecule has 0 amide bonds. The largest absolute Gasteiger partial charge is 0.315 e. The molecule has 0 unspecified atom stereocenters. The van der Waals surface area contributed by atoms with E-state index in [2.05, 4.69) is 40.1 Å². The van der Waals surface area contributed by atoms with Gasteiger partial charge in [0.05, 0.1) is 5.69 Å². The maximum Gasteiger partial charge on any atom is 0.133 e. The van der Waals surface area contributed by atoms with Gasteiger partial charge in [-0.1, -0.05) is 29.8 Å². The average Bonchev–Trinajstić information content (AvgIpc) is 2.75. The number of nitrogens with one attached hydrogen (secondary N) is 1. The number of nitrogens with zero attached hydrogens (tertiary/aromatic N) is 1. The zero-order chi connectivity index (χ0) is 14.7. The van der Waals surface area contributed by atoms with Crippen molar-refractivity contribution in [3.8, 4) is 10.6 Å². The zero-order valence-electron chi connectivity index (χ0n) is 11.8. The van der Waals surface area contributed by atoms with Gasteiger partial charge in [0.1, 0.15) is 10.8 Å². The first kappa shape index (κ1) is 15.6. The lowest BCUT2D eigenvalue weighted by Gasteiger charge is -2.03. The lowest BCUT2D eigenvalue weighted by Crippen LogP contribution is -2.07. The highest BCUT2D eigenvalue weighted by Crippen LogP contribution is 2.32. The first-order valence-electron chi connectivity index (χ1n) is 6.60. The zero-order valence-corrected chi connectivity index (χ0v) is 14.2. The Bertz CT molecular complexity index is 596. The Morgan fingerprint density at radius 3 is 2.80 bits per heavy atom. The van der Waals surface area contributed by atoms with Crippen molar-refractivity contribution in [2.45, 2.75) is 26.8 Å². The van der Waals surface area contributed by atoms with Crippen LogP contribution in [-0.4, -0.2) is 12.0 Å². The van der Waals surface area contributed by atoms with Gasteiger partial charge in [-0.2, -0.15) is 0 Å². The van der Waals surface area contributed by atoms with Gasteiger partial charge in [0, 0.05) is 21.5 Å². The maximum atomic E-state index is 14.0. The Morgan fingerprint density at radius 1 is 1.40 bits per heavy atom. The molecular formula is C15H18BrFN2S. The topological polar surface area (TPSA) is 24.9 Å². The van der Waals surface area contributed by atoms with Crippen molar-refractivity contribution in [3.63, 3.8) is 0 Å². The molecule has 1 aromatic heterocycles. The standard InChI is InChI=1S/C15H18BrFN2S/c1-9(2)6-13-14(8-18-3)20-15(19-13)11-7-10(16)4-5-12(11)17/h4-5,7,9,18H,6,8H2,1-3H3. The van der Waals surface area contributed by atoms with Gasteiger partial charge in [-0.3, -0.25) is 0 Å². The molecule has 1 heterocycles. The van der Waals surface area contributed by atoms with Crippen LogP contribution >= 0.6 is 27.3 Å². The number of rotatable bonds is 5. The van der Waals surface area contributed by atoms with Crippen LogP contribution in [-0.2, 0) is 13.0 Å². The van der Waals surface area contributed by atoms with Crippen LogP contribution in [0.25, 0.3) is 10.6 Å². The molecule has 5 heteroatoms. The van der Waals surface area contributed by atoms with E-state index >= 15 is 0 Å². The summed E-state index contributed by atoms with van der Waals surface area (Å²) in [6.07, 6.45) is 0.920. The lowest BCUT2D eigenvalue weighted by molar-refractivity contribution is 0.627. The van der Waals surface area contributed by atoms with Gasteiger partial charge in [-0.25, -0.2) is 9.37 Å². The Hall–Kier alpha value is -0.780. The average molecular weight is 357 g/mol. The SMILES string of the molecule is CNCc1sc(-c2cc(Br)ccc2F)nc1CC(C)C. The summed E-state index contributed by atoms with van der Waals surface area (Å²) in [5.74, 6) is 0.307. The van der Waals surface area contributed by atoms with E-state index in [1.807, 2.05) is 7.05 Å². The van der Waals surface area contributed by atoms with E-state index in [9.17, 15) is 4.39 Å². The Kier molecular flexibility index (Phi) is 5.29. The Morgan fingerprint density at radius 2 is 2.15 bits per heavy atom. The van der Waals surface area contributed by atoms with E-state index in [4.69, 9.17) is 0 Å². The van der Waals surface area contributed by atoms with Crippen LogP contribution in [0.1, 0.15) is 24.4 Å². The monoisotopic (exact) mass is 356 g/mol. The number of halogens is 2. The van der Waals surface area contributed by atoms with Crippen LogP contribution in [0.3, 0.4) is 0 Å². The third-order valence-corrected chi connectivity index (χ3v) is 4.50. The molecule has 0 radical (unpaired) electrons.